The average Bonchev–Trinajstić information content (AvgIpc) is 2.84. The van der Waals surface area contributed by atoms with Crippen molar-refractivity contribution in [2.24, 2.45) is 0 Å². The van der Waals surface area contributed by atoms with Crippen molar-refractivity contribution in [1.29, 1.82) is 0 Å². The highest BCUT2D eigenvalue weighted by Gasteiger charge is 2.30. The molecule has 1 fully saturated rings. The number of rotatable bonds is 5. The smallest absolute Gasteiger partial charge is 0.327 e. The van der Waals surface area contributed by atoms with Crippen LogP contribution in [0.15, 0.2) is 78.9 Å². The molecule has 0 saturated heterocycles. The summed E-state index contributed by atoms with van der Waals surface area (Å²) in [5.41, 5.74) is 2.74. The van der Waals surface area contributed by atoms with E-state index in [1.807, 2.05) is 30.3 Å². The van der Waals surface area contributed by atoms with Crippen LogP contribution in [0, 0.1) is 0 Å². The Hall–Kier alpha value is -3.28. The van der Waals surface area contributed by atoms with Crippen LogP contribution < -0.4 is 10.6 Å². The number of carbonyl (C=O) groups excluding carboxylic acids is 1. The molecule has 1 atom stereocenters. The third kappa shape index (κ3) is 5.95. The molecule has 4 rings (SSSR count). The van der Waals surface area contributed by atoms with Gasteiger partial charge in [0.05, 0.1) is 11.6 Å². The number of hydrogen-bond donors (Lipinski definition) is 2. The predicted molar refractivity (Wildman–Crippen MR) is 124 cm³/mol. The third-order valence-electron chi connectivity index (χ3n) is 6.22. The molecule has 33 heavy (non-hydrogen) atoms. The zero-order chi connectivity index (χ0) is 23.3. The van der Waals surface area contributed by atoms with Gasteiger partial charge in [-0.2, -0.15) is 13.2 Å². The Bertz CT molecular complexity index is 1040. The summed E-state index contributed by atoms with van der Waals surface area (Å²) in [7, 11) is 0. The van der Waals surface area contributed by atoms with Crippen molar-refractivity contribution < 1.29 is 18.0 Å². The zero-order valence-electron chi connectivity index (χ0n) is 18.2. The van der Waals surface area contributed by atoms with Crippen LogP contribution in [0.5, 0.6) is 0 Å². The summed E-state index contributed by atoms with van der Waals surface area (Å²) < 4.78 is 38.3. The monoisotopic (exact) mass is 452 g/mol. The van der Waals surface area contributed by atoms with Gasteiger partial charge in [-0.3, -0.25) is 0 Å². The van der Waals surface area contributed by atoms with Gasteiger partial charge in [0, 0.05) is 5.69 Å². The van der Waals surface area contributed by atoms with Crippen LogP contribution in [0.4, 0.5) is 23.7 Å². The fraction of sp³-hybridized carbons (Fsp3) is 0.296. The van der Waals surface area contributed by atoms with Gasteiger partial charge < -0.3 is 10.6 Å². The van der Waals surface area contributed by atoms with Crippen molar-refractivity contribution >= 4 is 11.7 Å². The summed E-state index contributed by atoms with van der Waals surface area (Å²) >= 11 is 0. The van der Waals surface area contributed by atoms with Gasteiger partial charge in [0.2, 0.25) is 0 Å². The molecule has 3 aromatic carbocycles. The fourth-order valence-electron chi connectivity index (χ4n) is 4.44. The SMILES string of the molecule is O=C(Nc1ccc(C(F)(F)F)cc1)NC(c1ccccc1)c1ccc(C2CCCCC2)cc1. The molecule has 3 aromatic rings. The summed E-state index contributed by atoms with van der Waals surface area (Å²) in [6, 6.07) is 21.6. The number of nitrogens with one attached hydrogen (secondary N) is 2. The Morgan fingerprint density at radius 3 is 2.00 bits per heavy atom. The van der Waals surface area contributed by atoms with Crippen molar-refractivity contribution in [3.8, 4) is 0 Å². The normalized spacial score (nSPS) is 15.6. The van der Waals surface area contributed by atoms with Crippen molar-refractivity contribution in [1.82, 2.24) is 5.32 Å². The Morgan fingerprint density at radius 1 is 0.788 bits per heavy atom. The Labute approximate surface area is 192 Å². The number of alkyl halides is 3. The van der Waals surface area contributed by atoms with E-state index in [9.17, 15) is 18.0 Å². The number of benzene rings is 3. The molecule has 0 spiro atoms. The second-order valence-electron chi connectivity index (χ2n) is 8.52. The molecule has 1 saturated carbocycles. The van der Waals surface area contributed by atoms with Gasteiger partial charge >= 0.3 is 12.2 Å². The van der Waals surface area contributed by atoms with Gasteiger partial charge in [0.1, 0.15) is 0 Å². The summed E-state index contributed by atoms with van der Waals surface area (Å²) in [5.74, 6) is 0.596. The van der Waals surface area contributed by atoms with Crippen molar-refractivity contribution in [3.05, 3.63) is 101 Å². The van der Waals surface area contributed by atoms with Crippen LogP contribution in [0.25, 0.3) is 0 Å². The minimum atomic E-state index is -4.41. The first-order chi connectivity index (χ1) is 15.9. The van der Waals surface area contributed by atoms with Crippen LogP contribution in [-0.2, 0) is 6.18 Å². The van der Waals surface area contributed by atoms with E-state index < -0.39 is 17.8 Å². The van der Waals surface area contributed by atoms with Crippen LogP contribution >= 0.6 is 0 Å². The fourth-order valence-corrected chi connectivity index (χ4v) is 4.44. The molecule has 1 aliphatic rings. The van der Waals surface area contributed by atoms with E-state index in [1.54, 1.807) is 0 Å². The van der Waals surface area contributed by atoms with Crippen LogP contribution in [0.1, 0.15) is 66.3 Å². The van der Waals surface area contributed by atoms with Crippen LogP contribution in [-0.4, -0.2) is 6.03 Å². The number of amides is 2. The Balaban J connectivity index is 1.50. The largest absolute Gasteiger partial charge is 0.416 e. The molecule has 0 aromatic heterocycles. The molecule has 172 valence electrons. The van der Waals surface area contributed by atoms with E-state index in [1.165, 1.54) is 49.8 Å². The highest BCUT2D eigenvalue weighted by atomic mass is 19.4. The third-order valence-corrected chi connectivity index (χ3v) is 6.22. The first-order valence-electron chi connectivity index (χ1n) is 11.3. The molecule has 2 amide bonds. The topological polar surface area (TPSA) is 41.1 Å². The van der Waals surface area contributed by atoms with Crippen molar-refractivity contribution in [2.45, 2.75) is 50.2 Å². The van der Waals surface area contributed by atoms with Crippen molar-refractivity contribution in [3.63, 3.8) is 0 Å². The molecule has 0 radical (unpaired) electrons. The second kappa shape index (κ2) is 10.1. The van der Waals surface area contributed by atoms with Gasteiger partial charge in [0.15, 0.2) is 0 Å². The number of urea groups is 1. The summed E-state index contributed by atoms with van der Waals surface area (Å²) in [6.07, 6.45) is 1.87. The molecule has 6 heteroatoms. The summed E-state index contributed by atoms with van der Waals surface area (Å²) in [5, 5.41) is 5.61. The van der Waals surface area contributed by atoms with Crippen molar-refractivity contribution in [2.75, 3.05) is 5.32 Å². The van der Waals surface area contributed by atoms with Gasteiger partial charge in [-0.05, 0) is 59.7 Å². The van der Waals surface area contributed by atoms with Gasteiger partial charge in [-0.1, -0.05) is 73.9 Å². The predicted octanol–water partition coefficient (Wildman–Crippen LogP) is 7.66. The Kier molecular flexibility index (Phi) is 7.02. The minimum absolute atomic E-state index is 0.292. The molecule has 0 bridgehead atoms. The highest BCUT2D eigenvalue weighted by Crippen LogP contribution is 2.34. The van der Waals surface area contributed by atoms with Crippen LogP contribution in [0.3, 0.4) is 0 Å². The lowest BCUT2D eigenvalue weighted by Gasteiger charge is -2.24. The maximum absolute atomic E-state index is 12.8. The molecule has 2 N–H and O–H groups in total. The quantitative estimate of drug-likeness (QED) is 0.410. The summed E-state index contributed by atoms with van der Waals surface area (Å²) in [6.45, 7) is 0. The second-order valence-corrected chi connectivity index (χ2v) is 8.52. The first-order valence-corrected chi connectivity index (χ1v) is 11.3. The summed E-state index contributed by atoms with van der Waals surface area (Å²) in [4.78, 5) is 12.7. The molecule has 1 aliphatic carbocycles. The number of halogens is 3. The van der Waals surface area contributed by atoms with Gasteiger partial charge in [-0.25, -0.2) is 4.79 Å². The van der Waals surface area contributed by atoms with E-state index in [4.69, 9.17) is 0 Å². The molecule has 0 aliphatic heterocycles. The van der Waals surface area contributed by atoms with E-state index in [0.29, 0.717) is 11.6 Å². The molecular formula is C27H27F3N2O. The lowest BCUT2D eigenvalue weighted by molar-refractivity contribution is -0.137. The highest BCUT2D eigenvalue weighted by molar-refractivity contribution is 5.89. The maximum atomic E-state index is 12.8. The number of carbonyl (C=O) groups is 1. The standard InChI is InChI=1S/C27H27F3N2O/c28-27(29,30)23-15-17-24(18-16-23)31-26(33)32-25(21-9-5-2-6-10-21)22-13-11-20(12-14-22)19-7-3-1-4-8-19/h2,5-6,9-19,25H,1,3-4,7-8H2,(H2,31,32,33). The lowest BCUT2D eigenvalue weighted by atomic mass is 9.83. The first kappa shape index (κ1) is 22.9. The molecular weight excluding hydrogens is 425 g/mol. The zero-order valence-corrected chi connectivity index (χ0v) is 18.2. The van der Waals surface area contributed by atoms with E-state index in [0.717, 1.165) is 23.3 Å². The maximum Gasteiger partial charge on any atom is 0.416 e. The minimum Gasteiger partial charge on any atom is -0.327 e. The van der Waals surface area contributed by atoms with E-state index in [-0.39, 0.29) is 6.04 Å². The average molecular weight is 453 g/mol. The number of hydrogen-bond acceptors (Lipinski definition) is 1. The molecule has 3 nitrogen and oxygen atoms in total. The lowest BCUT2D eigenvalue weighted by Crippen LogP contribution is -2.33. The van der Waals surface area contributed by atoms with Gasteiger partial charge in [0.25, 0.3) is 0 Å². The van der Waals surface area contributed by atoms with Crippen LogP contribution in [0.2, 0.25) is 0 Å². The molecule has 0 heterocycles. The van der Waals surface area contributed by atoms with E-state index in [2.05, 4.69) is 34.9 Å². The van der Waals surface area contributed by atoms with E-state index >= 15 is 0 Å². The number of anilines is 1. The molecule has 1 unspecified atom stereocenters. The van der Waals surface area contributed by atoms with Gasteiger partial charge in [-0.15, -0.1) is 0 Å². The Morgan fingerprint density at radius 2 is 1.39 bits per heavy atom.